The first-order chi connectivity index (χ1) is 13.6. The van der Waals surface area contributed by atoms with Crippen molar-refractivity contribution in [3.05, 3.63) is 48.0 Å². The molecule has 0 aliphatic carbocycles. The molecule has 6 nitrogen and oxygen atoms in total. The lowest BCUT2D eigenvalue weighted by atomic mass is 10.1. The fourth-order valence-corrected chi connectivity index (χ4v) is 3.48. The van der Waals surface area contributed by atoms with Gasteiger partial charge in [-0.15, -0.1) is 0 Å². The smallest absolute Gasteiger partial charge is 0.193 e. The van der Waals surface area contributed by atoms with Gasteiger partial charge in [-0.1, -0.05) is 19.1 Å². The number of nitrogens with zero attached hydrogens (tertiary/aromatic N) is 2. The summed E-state index contributed by atoms with van der Waals surface area (Å²) in [4.78, 5) is 6.91. The third-order valence-corrected chi connectivity index (χ3v) is 5.11. The van der Waals surface area contributed by atoms with Gasteiger partial charge in [-0.3, -0.25) is 4.99 Å². The Bertz CT molecular complexity index is 800. The van der Waals surface area contributed by atoms with Crippen molar-refractivity contribution in [1.82, 2.24) is 0 Å². The summed E-state index contributed by atoms with van der Waals surface area (Å²) in [5, 5.41) is 3.19. The minimum atomic E-state index is 0.467. The largest absolute Gasteiger partial charge is 0.497 e. The fourth-order valence-electron chi connectivity index (χ4n) is 3.48. The number of methoxy groups -OCH3 is 2. The number of ether oxygens (including phenoxy) is 2. The number of aryl methyl sites for hydroxylation is 1. The number of guanidine groups is 1. The third kappa shape index (κ3) is 5.09. The Labute approximate surface area is 167 Å². The molecule has 0 radical (unpaired) electrons. The van der Waals surface area contributed by atoms with Crippen molar-refractivity contribution in [2.45, 2.75) is 19.8 Å². The minimum absolute atomic E-state index is 0.467. The minimum Gasteiger partial charge on any atom is -0.497 e. The van der Waals surface area contributed by atoms with E-state index in [0.29, 0.717) is 18.4 Å². The molecule has 0 saturated carbocycles. The maximum Gasteiger partial charge on any atom is 0.193 e. The van der Waals surface area contributed by atoms with Crippen LogP contribution in [-0.4, -0.2) is 39.8 Å². The molecule has 1 aliphatic rings. The molecule has 3 N–H and O–H groups in total. The lowest BCUT2D eigenvalue weighted by Gasteiger charge is -2.20. The first-order valence-electron chi connectivity index (χ1n) is 9.75. The molecule has 0 aromatic heterocycles. The molecule has 1 saturated heterocycles. The van der Waals surface area contributed by atoms with Gasteiger partial charge in [0.25, 0.3) is 0 Å². The monoisotopic (exact) mass is 382 g/mol. The zero-order valence-electron chi connectivity index (χ0n) is 16.9. The van der Waals surface area contributed by atoms with E-state index < -0.39 is 0 Å². The van der Waals surface area contributed by atoms with Gasteiger partial charge in [0.1, 0.15) is 11.5 Å². The van der Waals surface area contributed by atoms with Crippen molar-refractivity contribution in [2.24, 2.45) is 16.6 Å². The van der Waals surface area contributed by atoms with Gasteiger partial charge in [0.15, 0.2) is 5.96 Å². The quantitative estimate of drug-likeness (QED) is 0.566. The second-order valence-corrected chi connectivity index (χ2v) is 7.08. The summed E-state index contributed by atoms with van der Waals surface area (Å²) >= 11 is 0. The molecule has 0 amide bonds. The maximum atomic E-state index is 6.09. The van der Waals surface area contributed by atoms with Crippen LogP contribution in [0.3, 0.4) is 0 Å². The van der Waals surface area contributed by atoms with Gasteiger partial charge in [0.05, 0.1) is 14.2 Å². The Morgan fingerprint density at radius 1 is 1.18 bits per heavy atom. The van der Waals surface area contributed by atoms with Gasteiger partial charge in [0.2, 0.25) is 0 Å². The molecular weight excluding hydrogens is 352 g/mol. The number of aliphatic imine (C=N–C) groups is 1. The van der Waals surface area contributed by atoms with Crippen molar-refractivity contribution >= 4 is 17.3 Å². The highest BCUT2D eigenvalue weighted by atomic mass is 16.5. The molecule has 3 rings (SSSR count). The number of benzene rings is 2. The predicted octanol–water partition coefficient (Wildman–Crippen LogP) is 3.52. The number of anilines is 2. The van der Waals surface area contributed by atoms with Crippen molar-refractivity contribution in [1.29, 1.82) is 0 Å². The van der Waals surface area contributed by atoms with E-state index in [0.717, 1.165) is 48.8 Å². The average molecular weight is 383 g/mol. The number of hydrogen-bond donors (Lipinski definition) is 2. The van der Waals surface area contributed by atoms with Crippen molar-refractivity contribution < 1.29 is 9.47 Å². The molecule has 2 aromatic rings. The van der Waals surface area contributed by atoms with Crippen LogP contribution < -0.4 is 25.4 Å². The molecule has 2 aromatic carbocycles. The average Bonchev–Trinajstić information content (AvgIpc) is 3.21. The number of nitrogens with two attached hydrogens (primary N) is 1. The van der Waals surface area contributed by atoms with Crippen LogP contribution in [0.5, 0.6) is 11.5 Å². The Kier molecular flexibility index (Phi) is 6.63. The van der Waals surface area contributed by atoms with Crippen LogP contribution in [0.1, 0.15) is 18.9 Å². The van der Waals surface area contributed by atoms with E-state index in [1.54, 1.807) is 14.2 Å². The first kappa shape index (κ1) is 19.9. The molecule has 150 valence electrons. The molecule has 28 heavy (non-hydrogen) atoms. The lowest BCUT2D eigenvalue weighted by molar-refractivity contribution is 0.394. The lowest BCUT2D eigenvalue weighted by Crippen LogP contribution is -2.25. The molecule has 1 unspecified atom stereocenters. The molecule has 0 spiro atoms. The van der Waals surface area contributed by atoms with Crippen LogP contribution in [0.25, 0.3) is 0 Å². The van der Waals surface area contributed by atoms with E-state index >= 15 is 0 Å². The van der Waals surface area contributed by atoms with Crippen molar-refractivity contribution in [3.63, 3.8) is 0 Å². The summed E-state index contributed by atoms with van der Waals surface area (Å²) in [6, 6.07) is 14.2. The van der Waals surface area contributed by atoms with Crippen LogP contribution in [0.2, 0.25) is 0 Å². The molecule has 0 bridgehead atoms. The maximum absolute atomic E-state index is 6.09. The van der Waals surface area contributed by atoms with E-state index in [-0.39, 0.29) is 0 Å². The summed E-state index contributed by atoms with van der Waals surface area (Å²) in [7, 11) is 3.35. The molecular formula is C22H30N4O2. The molecule has 1 heterocycles. The van der Waals surface area contributed by atoms with Gasteiger partial charge in [0, 0.05) is 49.2 Å². The molecule has 1 atom stereocenters. The zero-order chi connectivity index (χ0) is 19.9. The Morgan fingerprint density at radius 3 is 2.61 bits per heavy atom. The van der Waals surface area contributed by atoms with Gasteiger partial charge in [-0.05, 0) is 36.5 Å². The summed E-state index contributed by atoms with van der Waals surface area (Å²) in [6.07, 6.45) is 2.08. The molecule has 1 fully saturated rings. The second kappa shape index (κ2) is 9.35. The van der Waals surface area contributed by atoms with E-state index in [2.05, 4.69) is 34.3 Å². The fraction of sp³-hybridized carbons (Fsp3) is 0.409. The van der Waals surface area contributed by atoms with E-state index in [1.165, 1.54) is 5.56 Å². The van der Waals surface area contributed by atoms with E-state index in [9.17, 15) is 0 Å². The van der Waals surface area contributed by atoms with E-state index in [1.807, 2.05) is 30.3 Å². The Morgan fingerprint density at radius 2 is 1.93 bits per heavy atom. The van der Waals surface area contributed by atoms with E-state index in [4.69, 9.17) is 15.2 Å². The summed E-state index contributed by atoms with van der Waals surface area (Å²) in [6.45, 7) is 4.78. The normalized spacial score (nSPS) is 16.9. The van der Waals surface area contributed by atoms with Crippen LogP contribution >= 0.6 is 0 Å². The highest BCUT2D eigenvalue weighted by molar-refractivity contribution is 5.92. The van der Waals surface area contributed by atoms with Gasteiger partial charge >= 0.3 is 0 Å². The number of nitrogens with one attached hydrogen (secondary N) is 1. The van der Waals surface area contributed by atoms with Crippen LogP contribution in [0, 0.1) is 5.92 Å². The SMILES string of the molecule is CCc1cccc(NC(N)=NCC2CCN(c3cc(OC)cc(OC)c3)C2)c1. The van der Waals surface area contributed by atoms with Crippen molar-refractivity contribution in [3.8, 4) is 11.5 Å². The Balaban J connectivity index is 1.57. The third-order valence-electron chi connectivity index (χ3n) is 5.11. The molecule has 6 heteroatoms. The summed E-state index contributed by atoms with van der Waals surface area (Å²) in [5.74, 6) is 2.55. The van der Waals surface area contributed by atoms with Gasteiger partial charge in [-0.2, -0.15) is 0 Å². The zero-order valence-corrected chi connectivity index (χ0v) is 16.9. The van der Waals surface area contributed by atoms with Crippen molar-refractivity contribution in [2.75, 3.05) is 44.1 Å². The first-order valence-corrected chi connectivity index (χ1v) is 9.75. The summed E-state index contributed by atoms with van der Waals surface area (Å²) < 4.78 is 10.8. The summed E-state index contributed by atoms with van der Waals surface area (Å²) in [5.41, 5.74) is 9.46. The topological polar surface area (TPSA) is 72.1 Å². The van der Waals surface area contributed by atoms with Gasteiger partial charge in [-0.25, -0.2) is 0 Å². The van der Waals surface area contributed by atoms with Crippen LogP contribution in [0.4, 0.5) is 11.4 Å². The van der Waals surface area contributed by atoms with Crippen LogP contribution in [-0.2, 0) is 6.42 Å². The Hall–Kier alpha value is -2.89. The highest BCUT2D eigenvalue weighted by Gasteiger charge is 2.23. The predicted molar refractivity (Wildman–Crippen MR) is 116 cm³/mol. The number of rotatable bonds is 7. The number of hydrogen-bond acceptors (Lipinski definition) is 4. The molecule has 1 aliphatic heterocycles. The standard InChI is InChI=1S/C22H30N4O2/c1-4-16-6-5-7-18(10-16)25-22(23)24-14-17-8-9-26(15-17)19-11-20(27-2)13-21(12-19)28-3/h5-7,10-13,17H,4,8-9,14-15H2,1-3H3,(H3,23,24,25). The van der Waals surface area contributed by atoms with Gasteiger partial charge < -0.3 is 25.4 Å². The second-order valence-electron chi connectivity index (χ2n) is 7.08. The highest BCUT2D eigenvalue weighted by Crippen LogP contribution is 2.31. The van der Waals surface area contributed by atoms with Crippen LogP contribution in [0.15, 0.2) is 47.5 Å².